The Balaban J connectivity index is 2.12. The molecule has 0 amide bonds. The van der Waals surface area contributed by atoms with Crippen LogP contribution in [0.2, 0.25) is 0 Å². The fourth-order valence-corrected chi connectivity index (χ4v) is 5.33. The maximum Gasteiger partial charge on any atom is 0.290 e. The van der Waals surface area contributed by atoms with Crippen LogP contribution in [0.4, 0.5) is 11.4 Å². The van der Waals surface area contributed by atoms with Crippen LogP contribution in [0.3, 0.4) is 0 Å². The van der Waals surface area contributed by atoms with Crippen molar-refractivity contribution < 1.29 is 18.3 Å². The molecule has 0 unspecified atom stereocenters. The van der Waals surface area contributed by atoms with E-state index in [-0.39, 0.29) is 11.4 Å². The van der Waals surface area contributed by atoms with Crippen LogP contribution in [0, 0.1) is 34.1 Å². The minimum absolute atomic E-state index is 0.120. The molecule has 0 aliphatic carbocycles. The maximum atomic E-state index is 13.1. The molecule has 3 rings (SSSR count). The molecule has 0 bridgehead atoms. The Morgan fingerprint density at radius 1 is 0.931 bits per heavy atom. The number of nitro groups is 2. The van der Waals surface area contributed by atoms with Crippen LogP contribution < -0.4 is 0 Å². The summed E-state index contributed by atoms with van der Waals surface area (Å²) in [4.78, 5) is 21.4. The number of aromatic nitrogens is 2. The lowest BCUT2D eigenvalue weighted by atomic mass is 10.3. The summed E-state index contributed by atoms with van der Waals surface area (Å²) in [6.45, 7) is 3.05. The highest BCUT2D eigenvalue weighted by molar-refractivity contribution is 7.99. The summed E-state index contributed by atoms with van der Waals surface area (Å²) in [6.07, 6.45) is 0. The molecule has 0 atom stereocenters. The SMILES string of the molecule is Cc1nn(S(=O)(=O)c2ccccc2[N+](=O)[O-])c(C)c1Sc1ccccc1[N+](=O)[O-]. The first kappa shape index (κ1) is 20.5. The predicted molar refractivity (Wildman–Crippen MR) is 105 cm³/mol. The van der Waals surface area contributed by atoms with Crippen molar-refractivity contribution in [2.75, 3.05) is 0 Å². The van der Waals surface area contributed by atoms with Crippen LogP contribution in [0.1, 0.15) is 11.4 Å². The van der Waals surface area contributed by atoms with Gasteiger partial charge in [-0.3, -0.25) is 20.2 Å². The highest BCUT2D eigenvalue weighted by Gasteiger charge is 2.31. The Kier molecular flexibility index (Phi) is 5.40. The summed E-state index contributed by atoms with van der Waals surface area (Å²) < 4.78 is 26.8. The van der Waals surface area contributed by atoms with E-state index >= 15 is 0 Å². The molecule has 0 aliphatic rings. The van der Waals surface area contributed by atoms with Crippen molar-refractivity contribution in [3.05, 3.63) is 80.1 Å². The molecule has 1 aromatic heterocycles. The second kappa shape index (κ2) is 7.64. The molecule has 2 aromatic carbocycles. The first-order valence-corrected chi connectivity index (χ1v) is 10.4. The van der Waals surface area contributed by atoms with Crippen LogP contribution in [-0.2, 0) is 10.0 Å². The number of para-hydroxylation sites is 2. The van der Waals surface area contributed by atoms with Gasteiger partial charge < -0.3 is 0 Å². The lowest BCUT2D eigenvalue weighted by Crippen LogP contribution is -2.17. The van der Waals surface area contributed by atoms with E-state index in [4.69, 9.17) is 0 Å². The number of nitrogens with zero attached hydrogens (tertiary/aromatic N) is 4. The zero-order valence-corrected chi connectivity index (χ0v) is 16.8. The van der Waals surface area contributed by atoms with Gasteiger partial charge in [0.15, 0.2) is 4.90 Å². The molecule has 0 fully saturated rings. The summed E-state index contributed by atoms with van der Waals surface area (Å²) >= 11 is 1.02. The van der Waals surface area contributed by atoms with Crippen molar-refractivity contribution in [2.24, 2.45) is 0 Å². The van der Waals surface area contributed by atoms with Crippen LogP contribution in [0.25, 0.3) is 0 Å². The maximum absolute atomic E-state index is 13.1. The summed E-state index contributed by atoms with van der Waals surface area (Å²) in [5.41, 5.74) is -0.157. The minimum atomic E-state index is -4.35. The van der Waals surface area contributed by atoms with Gasteiger partial charge in [0.1, 0.15) is 0 Å². The van der Waals surface area contributed by atoms with Crippen LogP contribution in [-0.4, -0.2) is 27.5 Å². The van der Waals surface area contributed by atoms with Gasteiger partial charge in [-0.25, -0.2) is 0 Å². The van der Waals surface area contributed by atoms with Gasteiger partial charge in [-0.05, 0) is 26.0 Å². The first-order chi connectivity index (χ1) is 13.6. The van der Waals surface area contributed by atoms with E-state index in [1.165, 1.54) is 31.2 Å². The third kappa shape index (κ3) is 3.71. The third-order valence-electron chi connectivity index (χ3n) is 4.03. The van der Waals surface area contributed by atoms with Gasteiger partial charge in [0.25, 0.3) is 21.4 Å². The Labute approximate surface area is 169 Å². The van der Waals surface area contributed by atoms with Gasteiger partial charge in [0.2, 0.25) is 0 Å². The Hall–Kier alpha value is -3.25. The average molecular weight is 434 g/mol. The van der Waals surface area contributed by atoms with Crippen molar-refractivity contribution in [1.29, 1.82) is 0 Å². The normalized spacial score (nSPS) is 11.4. The number of hydrogen-bond donors (Lipinski definition) is 0. The highest BCUT2D eigenvalue weighted by atomic mass is 32.2. The quantitative estimate of drug-likeness (QED) is 0.423. The van der Waals surface area contributed by atoms with E-state index < -0.39 is 30.5 Å². The topological polar surface area (TPSA) is 138 Å². The van der Waals surface area contributed by atoms with E-state index in [0.29, 0.717) is 15.5 Å². The van der Waals surface area contributed by atoms with E-state index in [9.17, 15) is 28.6 Å². The lowest BCUT2D eigenvalue weighted by Gasteiger charge is -2.08. The van der Waals surface area contributed by atoms with Gasteiger partial charge in [0.05, 0.1) is 31.0 Å². The molecule has 1 heterocycles. The molecule has 0 N–H and O–H groups in total. The number of rotatable bonds is 6. The third-order valence-corrected chi connectivity index (χ3v) is 7.10. The smallest absolute Gasteiger partial charge is 0.258 e. The molecular formula is C17H14N4O6S2. The molecule has 3 aromatic rings. The zero-order valence-electron chi connectivity index (χ0n) is 15.2. The minimum Gasteiger partial charge on any atom is -0.258 e. The Morgan fingerprint density at radius 2 is 1.48 bits per heavy atom. The van der Waals surface area contributed by atoms with Crippen LogP contribution in [0.5, 0.6) is 0 Å². The van der Waals surface area contributed by atoms with Crippen LogP contribution >= 0.6 is 11.8 Å². The standard InChI is InChI=1S/C17H14N4O6S2/c1-11-17(28-15-9-5-3-7-13(15)20(22)23)12(2)19(18-11)29(26,27)16-10-6-4-8-14(16)21(24)25/h3-10H,1-2H3. The number of aryl methyl sites for hydroxylation is 1. The molecule has 29 heavy (non-hydrogen) atoms. The molecule has 0 aliphatic heterocycles. The Bertz CT molecular complexity index is 1240. The van der Waals surface area contributed by atoms with Crippen LogP contribution in [0.15, 0.2) is 63.2 Å². The largest absolute Gasteiger partial charge is 0.290 e. The molecular weight excluding hydrogens is 420 g/mol. The molecule has 0 radical (unpaired) electrons. The summed E-state index contributed by atoms with van der Waals surface area (Å²) in [5.74, 6) is 0. The van der Waals surface area contributed by atoms with Gasteiger partial charge >= 0.3 is 0 Å². The monoisotopic (exact) mass is 434 g/mol. The highest BCUT2D eigenvalue weighted by Crippen LogP contribution is 2.38. The zero-order chi connectivity index (χ0) is 21.3. The fraction of sp³-hybridized carbons (Fsp3) is 0.118. The van der Waals surface area contributed by atoms with Crippen molar-refractivity contribution >= 4 is 33.2 Å². The molecule has 0 saturated carbocycles. The molecule has 0 saturated heterocycles. The average Bonchev–Trinajstić information content (AvgIpc) is 2.97. The molecule has 150 valence electrons. The van der Waals surface area contributed by atoms with Crippen molar-refractivity contribution in [1.82, 2.24) is 9.19 Å². The van der Waals surface area contributed by atoms with Gasteiger partial charge in [-0.15, -0.1) is 0 Å². The van der Waals surface area contributed by atoms with Gasteiger partial charge in [-0.1, -0.05) is 36.0 Å². The number of benzene rings is 2. The molecule has 0 spiro atoms. The van der Waals surface area contributed by atoms with Crippen molar-refractivity contribution in [3.63, 3.8) is 0 Å². The first-order valence-electron chi connectivity index (χ1n) is 8.11. The summed E-state index contributed by atoms with van der Waals surface area (Å²) in [6, 6.07) is 11.1. The van der Waals surface area contributed by atoms with E-state index in [0.717, 1.165) is 28.0 Å². The summed E-state index contributed by atoms with van der Waals surface area (Å²) in [5, 5.41) is 26.5. The number of hydrogen-bond acceptors (Lipinski definition) is 8. The number of nitro benzene ring substituents is 2. The van der Waals surface area contributed by atoms with Gasteiger partial charge in [-0.2, -0.15) is 17.6 Å². The lowest BCUT2D eigenvalue weighted by molar-refractivity contribution is -0.388. The van der Waals surface area contributed by atoms with E-state index in [2.05, 4.69) is 5.10 Å². The predicted octanol–water partition coefficient (Wildman–Crippen LogP) is 3.70. The van der Waals surface area contributed by atoms with Crippen molar-refractivity contribution in [2.45, 2.75) is 28.5 Å². The van der Waals surface area contributed by atoms with E-state index in [1.54, 1.807) is 19.1 Å². The van der Waals surface area contributed by atoms with Crippen molar-refractivity contribution in [3.8, 4) is 0 Å². The second-order valence-electron chi connectivity index (χ2n) is 5.90. The molecule has 12 heteroatoms. The van der Waals surface area contributed by atoms with Gasteiger partial charge in [0, 0.05) is 12.1 Å². The summed E-state index contributed by atoms with van der Waals surface area (Å²) in [7, 11) is -4.35. The Morgan fingerprint density at radius 3 is 2.10 bits per heavy atom. The fourth-order valence-electron chi connectivity index (χ4n) is 2.71. The van der Waals surface area contributed by atoms with E-state index in [1.807, 2.05) is 0 Å². The second-order valence-corrected chi connectivity index (χ2v) is 8.69. The molecule has 10 nitrogen and oxygen atoms in total.